The zero-order valence-corrected chi connectivity index (χ0v) is 9.83. The molecule has 0 radical (unpaired) electrons. The van der Waals surface area contributed by atoms with Gasteiger partial charge in [-0.15, -0.1) is 0 Å². The van der Waals surface area contributed by atoms with Gasteiger partial charge in [-0.3, -0.25) is 0 Å². The molecule has 0 rings (SSSR count). The highest BCUT2D eigenvalue weighted by Crippen LogP contribution is 2.19. The van der Waals surface area contributed by atoms with Gasteiger partial charge in [0.25, 0.3) is 13.8 Å². The minimum absolute atomic E-state index is 0.312. The first-order valence-corrected chi connectivity index (χ1v) is 5.08. The Morgan fingerprint density at radius 2 is 1.15 bits per heavy atom. The second-order valence-electron chi connectivity index (χ2n) is 4.27. The maximum Gasteiger partial charge on any atom is 0.290 e. The lowest BCUT2D eigenvalue weighted by atomic mass is 9.37. The molecule has 0 saturated heterocycles. The van der Waals surface area contributed by atoms with E-state index in [-0.39, 0.29) is 0 Å². The summed E-state index contributed by atoms with van der Waals surface area (Å²) in [6.45, 7) is 9.35. The van der Waals surface area contributed by atoms with Crippen LogP contribution in [0, 0.1) is 0 Å². The minimum Gasteiger partial charge on any atom is -0.439 e. The lowest BCUT2D eigenvalue weighted by molar-refractivity contribution is 0.395. The van der Waals surface area contributed by atoms with E-state index in [0.29, 0.717) is 25.5 Å². The fourth-order valence-corrected chi connectivity index (χ4v) is 1.51. The number of hydrogen-bond donors (Lipinski definition) is 0. The van der Waals surface area contributed by atoms with Gasteiger partial charge in [0.05, 0.1) is 0 Å². The number of rotatable bonds is 6. The number of hydrogen-bond acceptors (Lipinski definition) is 2. The van der Waals surface area contributed by atoms with E-state index in [1.165, 1.54) is 0 Å². The Kier molecular flexibility index (Phi) is 6.52. The van der Waals surface area contributed by atoms with E-state index in [1.54, 1.807) is 14.2 Å². The normalized spacial score (nSPS) is 11.1. The van der Waals surface area contributed by atoms with Crippen molar-refractivity contribution in [1.82, 2.24) is 0 Å². The Hall–Kier alpha value is 0.0499. The summed E-state index contributed by atoms with van der Waals surface area (Å²) in [7, 11) is 3.55. The topological polar surface area (TPSA) is 18.5 Å². The van der Waals surface area contributed by atoms with Crippen LogP contribution in [0.15, 0.2) is 0 Å². The maximum atomic E-state index is 5.41. The summed E-state index contributed by atoms with van der Waals surface area (Å²) in [5, 5.41) is 0. The van der Waals surface area contributed by atoms with Crippen LogP contribution in [0.25, 0.3) is 0 Å². The summed E-state index contributed by atoms with van der Waals surface area (Å²) < 4.78 is 10.8. The Labute approximate surface area is 83.6 Å². The predicted octanol–water partition coefficient (Wildman–Crippen LogP) is 2.62. The van der Waals surface area contributed by atoms with E-state index in [9.17, 15) is 0 Å². The summed E-state index contributed by atoms with van der Waals surface area (Å²) in [6, 6.07) is 0. The highest BCUT2D eigenvalue weighted by Gasteiger charge is 2.28. The first-order chi connectivity index (χ1) is 6.02. The predicted molar refractivity (Wildman–Crippen MR) is 60.5 cm³/mol. The van der Waals surface area contributed by atoms with E-state index >= 15 is 0 Å². The van der Waals surface area contributed by atoms with Crippen LogP contribution in [0.4, 0.5) is 0 Å². The lowest BCUT2D eigenvalue weighted by Gasteiger charge is -2.20. The van der Waals surface area contributed by atoms with Crippen molar-refractivity contribution in [3.8, 4) is 0 Å². The van der Waals surface area contributed by atoms with Crippen LogP contribution in [0.1, 0.15) is 27.7 Å². The molecule has 0 aliphatic heterocycles. The molecule has 0 spiro atoms. The third-order valence-electron chi connectivity index (χ3n) is 2.56. The largest absolute Gasteiger partial charge is 0.439 e. The van der Waals surface area contributed by atoms with Crippen molar-refractivity contribution in [3.63, 3.8) is 0 Å². The van der Waals surface area contributed by atoms with Crippen molar-refractivity contribution in [2.45, 2.75) is 45.5 Å². The maximum absolute atomic E-state index is 5.41. The van der Waals surface area contributed by atoms with Gasteiger partial charge in [-0.05, 0) is 17.9 Å². The van der Waals surface area contributed by atoms with Gasteiger partial charge in [-0.2, -0.15) is 0 Å². The smallest absolute Gasteiger partial charge is 0.290 e. The van der Waals surface area contributed by atoms with Crippen LogP contribution in [0.3, 0.4) is 0 Å². The van der Waals surface area contributed by atoms with Gasteiger partial charge in [0.15, 0.2) is 0 Å². The van der Waals surface area contributed by atoms with Crippen LogP contribution in [0.2, 0.25) is 17.9 Å². The Bertz CT molecular complexity index is 115. The van der Waals surface area contributed by atoms with Crippen molar-refractivity contribution in [2.75, 3.05) is 14.2 Å². The van der Waals surface area contributed by atoms with Gasteiger partial charge in [0.1, 0.15) is 0 Å². The van der Waals surface area contributed by atoms with Gasteiger partial charge < -0.3 is 9.31 Å². The van der Waals surface area contributed by atoms with Crippen molar-refractivity contribution in [1.29, 1.82) is 0 Å². The monoisotopic (exact) mass is 184 g/mol. The zero-order chi connectivity index (χ0) is 10.4. The molecule has 4 heteroatoms. The molecule has 0 aliphatic carbocycles. The van der Waals surface area contributed by atoms with Crippen molar-refractivity contribution < 1.29 is 9.31 Å². The molecule has 0 aromatic heterocycles. The Morgan fingerprint density at radius 3 is 1.31 bits per heavy atom. The summed E-state index contributed by atoms with van der Waals surface area (Å²) in [5.74, 6) is 1.11. The van der Waals surface area contributed by atoms with Crippen LogP contribution >= 0.6 is 0 Å². The molecular formula is C9H22B2O2. The Morgan fingerprint density at radius 1 is 0.846 bits per heavy atom. The van der Waals surface area contributed by atoms with Gasteiger partial charge in [0, 0.05) is 14.2 Å². The summed E-state index contributed by atoms with van der Waals surface area (Å²) in [4.78, 5) is 0. The molecule has 0 atom stereocenters. The third-order valence-corrected chi connectivity index (χ3v) is 2.56. The standard InChI is InChI=1S/C9H22B2O2/c1-8(2)10(12-5)7-11(13-6)9(3)4/h8-9H,7H2,1-6H3. The van der Waals surface area contributed by atoms with Crippen molar-refractivity contribution >= 4 is 13.8 Å². The molecule has 76 valence electrons. The van der Waals surface area contributed by atoms with E-state index in [0.717, 1.165) is 6.22 Å². The molecule has 0 aromatic rings. The van der Waals surface area contributed by atoms with Crippen LogP contribution in [-0.2, 0) is 9.31 Å². The molecule has 13 heavy (non-hydrogen) atoms. The first kappa shape index (κ1) is 13.0. The average Bonchev–Trinajstić information content (AvgIpc) is 2.05. The first-order valence-electron chi connectivity index (χ1n) is 5.08. The third kappa shape index (κ3) is 4.72. The summed E-state index contributed by atoms with van der Waals surface area (Å²) in [5.41, 5.74) is 0. The zero-order valence-electron chi connectivity index (χ0n) is 9.83. The van der Waals surface area contributed by atoms with Crippen molar-refractivity contribution in [3.05, 3.63) is 0 Å². The van der Waals surface area contributed by atoms with E-state index in [4.69, 9.17) is 9.31 Å². The summed E-state index contributed by atoms with van der Waals surface area (Å²) in [6.07, 6.45) is 0.988. The van der Waals surface area contributed by atoms with Crippen molar-refractivity contribution in [2.24, 2.45) is 0 Å². The SMILES string of the molecule is COB(CB(OC)C(C)C)C(C)C. The second-order valence-corrected chi connectivity index (χ2v) is 4.27. The minimum atomic E-state index is 0.312. The van der Waals surface area contributed by atoms with Gasteiger partial charge in [0.2, 0.25) is 0 Å². The lowest BCUT2D eigenvalue weighted by Crippen LogP contribution is -2.32. The molecule has 0 aromatic carbocycles. The van der Waals surface area contributed by atoms with Gasteiger partial charge in [-0.1, -0.05) is 27.7 Å². The fourth-order valence-electron chi connectivity index (χ4n) is 1.51. The van der Waals surface area contributed by atoms with E-state index < -0.39 is 0 Å². The molecule has 2 nitrogen and oxygen atoms in total. The summed E-state index contributed by atoms with van der Waals surface area (Å²) >= 11 is 0. The highest BCUT2D eigenvalue weighted by atomic mass is 16.4. The van der Waals surface area contributed by atoms with Gasteiger partial charge >= 0.3 is 0 Å². The van der Waals surface area contributed by atoms with Crippen LogP contribution in [0.5, 0.6) is 0 Å². The molecular weight excluding hydrogens is 162 g/mol. The molecule has 0 unspecified atom stereocenters. The molecule has 0 bridgehead atoms. The van der Waals surface area contributed by atoms with Crippen LogP contribution in [-0.4, -0.2) is 28.1 Å². The van der Waals surface area contributed by atoms with E-state index in [2.05, 4.69) is 27.7 Å². The molecule has 0 saturated carbocycles. The molecule has 0 aliphatic rings. The molecule has 0 amide bonds. The second kappa shape index (κ2) is 6.50. The molecule has 0 heterocycles. The molecule has 0 fully saturated rings. The quantitative estimate of drug-likeness (QED) is 0.590. The van der Waals surface area contributed by atoms with E-state index in [1.807, 2.05) is 0 Å². The fraction of sp³-hybridized carbons (Fsp3) is 1.00. The van der Waals surface area contributed by atoms with Crippen LogP contribution < -0.4 is 0 Å². The average molecular weight is 184 g/mol. The van der Waals surface area contributed by atoms with Gasteiger partial charge in [-0.25, -0.2) is 0 Å². The Balaban J connectivity index is 4.03. The highest BCUT2D eigenvalue weighted by molar-refractivity contribution is 6.72. The molecule has 0 N–H and O–H groups in total.